The second-order valence-corrected chi connectivity index (χ2v) is 8.65. The van der Waals surface area contributed by atoms with E-state index < -0.39 is 21.1 Å². The van der Waals surface area contributed by atoms with Crippen molar-refractivity contribution in [1.82, 2.24) is 4.31 Å². The number of nitro groups is 1. The number of aliphatic hydroxyl groups excluding tert-OH is 1. The van der Waals surface area contributed by atoms with E-state index in [0.29, 0.717) is 18.7 Å². The Hall–Kier alpha value is -2.49. The van der Waals surface area contributed by atoms with E-state index in [0.717, 1.165) is 25.3 Å². The summed E-state index contributed by atoms with van der Waals surface area (Å²) in [6.45, 7) is 0.919. The van der Waals surface area contributed by atoms with Gasteiger partial charge in [-0.15, -0.1) is 0 Å². The zero-order chi connectivity index (χ0) is 20.1. The zero-order valence-corrected chi connectivity index (χ0v) is 16.1. The molecule has 0 unspecified atom stereocenters. The van der Waals surface area contributed by atoms with Gasteiger partial charge in [0.15, 0.2) is 0 Å². The van der Waals surface area contributed by atoms with Crippen LogP contribution in [0, 0.1) is 10.1 Å². The average Bonchev–Trinajstić information content (AvgIpc) is 2.73. The maximum Gasteiger partial charge on any atom is 0.293 e. The standard InChI is InChI=1S/C19H23N3O5S/c23-19(15-7-3-1-4-8-15)14-20-17-10-9-16(13-18(17)22(24)25)28(26,27)21-11-5-2-6-12-21/h1,3-4,7-10,13,19-20,23H,2,5-6,11-12,14H2/t19-/m1/s1. The summed E-state index contributed by atoms with van der Waals surface area (Å²) >= 11 is 0. The minimum atomic E-state index is -3.76. The van der Waals surface area contributed by atoms with Crippen LogP contribution in [-0.2, 0) is 10.0 Å². The summed E-state index contributed by atoms with van der Waals surface area (Å²) in [5, 5.41) is 24.6. The van der Waals surface area contributed by atoms with Crippen molar-refractivity contribution in [2.45, 2.75) is 30.3 Å². The highest BCUT2D eigenvalue weighted by Gasteiger charge is 2.28. The summed E-state index contributed by atoms with van der Waals surface area (Å²) in [5.74, 6) is 0. The minimum absolute atomic E-state index is 0.0586. The monoisotopic (exact) mass is 405 g/mol. The second kappa shape index (κ2) is 8.68. The molecule has 0 saturated carbocycles. The topological polar surface area (TPSA) is 113 Å². The number of sulfonamides is 1. The fourth-order valence-corrected chi connectivity index (χ4v) is 4.76. The summed E-state index contributed by atoms with van der Waals surface area (Å²) in [4.78, 5) is 10.8. The van der Waals surface area contributed by atoms with Crippen LogP contribution in [0.25, 0.3) is 0 Å². The molecule has 2 aromatic carbocycles. The van der Waals surface area contributed by atoms with Crippen LogP contribution >= 0.6 is 0 Å². The first-order chi connectivity index (χ1) is 13.4. The lowest BCUT2D eigenvalue weighted by Crippen LogP contribution is -2.35. The highest BCUT2D eigenvalue weighted by molar-refractivity contribution is 7.89. The van der Waals surface area contributed by atoms with Crippen LogP contribution in [0.5, 0.6) is 0 Å². The van der Waals surface area contributed by atoms with Crippen LogP contribution in [0.2, 0.25) is 0 Å². The van der Waals surface area contributed by atoms with E-state index in [4.69, 9.17) is 0 Å². The summed E-state index contributed by atoms with van der Waals surface area (Å²) in [5.41, 5.74) is 0.512. The second-order valence-electron chi connectivity index (χ2n) is 6.71. The molecule has 1 heterocycles. The van der Waals surface area contributed by atoms with Gasteiger partial charge in [-0.05, 0) is 30.5 Å². The highest BCUT2D eigenvalue weighted by atomic mass is 32.2. The Balaban J connectivity index is 1.80. The molecule has 150 valence electrons. The Bertz CT molecular complexity index is 928. The fraction of sp³-hybridized carbons (Fsp3) is 0.368. The third-order valence-corrected chi connectivity index (χ3v) is 6.68. The highest BCUT2D eigenvalue weighted by Crippen LogP contribution is 2.30. The Morgan fingerprint density at radius 1 is 1.11 bits per heavy atom. The van der Waals surface area contributed by atoms with Crippen molar-refractivity contribution in [3.63, 3.8) is 0 Å². The lowest BCUT2D eigenvalue weighted by atomic mass is 10.1. The number of piperidine rings is 1. The number of aliphatic hydroxyl groups is 1. The lowest BCUT2D eigenvalue weighted by Gasteiger charge is -2.25. The maximum atomic E-state index is 12.8. The molecular weight excluding hydrogens is 382 g/mol. The quantitative estimate of drug-likeness (QED) is 0.541. The normalized spacial score (nSPS) is 16.5. The van der Waals surface area contributed by atoms with E-state index in [1.54, 1.807) is 24.3 Å². The van der Waals surface area contributed by atoms with Gasteiger partial charge in [-0.3, -0.25) is 10.1 Å². The van der Waals surface area contributed by atoms with Gasteiger partial charge in [-0.2, -0.15) is 4.31 Å². The van der Waals surface area contributed by atoms with Gasteiger partial charge in [0.1, 0.15) is 5.69 Å². The van der Waals surface area contributed by atoms with Crippen molar-refractivity contribution in [3.05, 3.63) is 64.2 Å². The molecule has 0 spiro atoms. The molecule has 1 atom stereocenters. The summed E-state index contributed by atoms with van der Waals surface area (Å²) in [6.07, 6.45) is 1.72. The van der Waals surface area contributed by atoms with Crippen molar-refractivity contribution < 1.29 is 18.4 Å². The van der Waals surface area contributed by atoms with Crippen molar-refractivity contribution >= 4 is 21.4 Å². The van der Waals surface area contributed by atoms with Crippen LogP contribution in [-0.4, -0.2) is 42.4 Å². The van der Waals surface area contributed by atoms with Crippen LogP contribution in [0.3, 0.4) is 0 Å². The van der Waals surface area contributed by atoms with Crippen molar-refractivity contribution in [2.75, 3.05) is 25.0 Å². The van der Waals surface area contributed by atoms with Gasteiger partial charge in [0, 0.05) is 25.7 Å². The van der Waals surface area contributed by atoms with E-state index in [-0.39, 0.29) is 22.8 Å². The number of rotatable bonds is 7. The SMILES string of the molecule is O=[N+]([O-])c1cc(S(=O)(=O)N2CCCCC2)ccc1NC[C@@H](O)c1ccccc1. The van der Waals surface area contributed by atoms with E-state index in [1.165, 1.54) is 16.4 Å². The lowest BCUT2D eigenvalue weighted by molar-refractivity contribution is -0.384. The maximum absolute atomic E-state index is 12.8. The molecule has 28 heavy (non-hydrogen) atoms. The zero-order valence-electron chi connectivity index (χ0n) is 15.3. The molecule has 9 heteroatoms. The molecule has 0 aromatic heterocycles. The summed E-state index contributed by atoms with van der Waals surface area (Å²) in [6, 6.07) is 12.8. The van der Waals surface area contributed by atoms with Gasteiger partial charge in [-0.25, -0.2) is 8.42 Å². The molecule has 1 fully saturated rings. The Labute approximate surface area is 164 Å². The molecule has 0 aliphatic carbocycles. The van der Waals surface area contributed by atoms with Crippen LogP contribution in [0.15, 0.2) is 53.4 Å². The predicted molar refractivity (Wildman–Crippen MR) is 106 cm³/mol. The van der Waals surface area contributed by atoms with Crippen LogP contribution in [0.4, 0.5) is 11.4 Å². The smallest absolute Gasteiger partial charge is 0.293 e. The van der Waals surface area contributed by atoms with Crippen molar-refractivity contribution in [3.8, 4) is 0 Å². The largest absolute Gasteiger partial charge is 0.387 e. The van der Waals surface area contributed by atoms with Crippen molar-refractivity contribution in [1.29, 1.82) is 0 Å². The molecule has 0 amide bonds. The summed E-state index contributed by atoms with van der Waals surface area (Å²) in [7, 11) is -3.76. The summed E-state index contributed by atoms with van der Waals surface area (Å²) < 4.78 is 26.9. The first-order valence-corrected chi connectivity index (χ1v) is 10.6. The molecule has 1 aliphatic heterocycles. The Kier molecular flexibility index (Phi) is 6.28. The first kappa shape index (κ1) is 20.2. The number of hydrogen-bond donors (Lipinski definition) is 2. The Morgan fingerprint density at radius 3 is 2.43 bits per heavy atom. The molecule has 3 rings (SSSR count). The van der Waals surface area contributed by atoms with E-state index in [9.17, 15) is 23.6 Å². The molecule has 2 aromatic rings. The van der Waals surface area contributed by atoms with E-state index in [1.807, 2.05) is 6.07 Å². The minimum Gasteiger partial charge on any atom is -0.387 e. The van der Waals surface area contributed by atoms with Gasteiger partial charge < -0.3 is 10.4 Å². The number of nitro benzene ring substituents is 1. The third-order valence-electron chi connectivity index (χ3n) is 4.79. The number of nitrogens with one attached hydrogen (secondary N) is 1. The number of nitrogens with zero attached hydrogens (tertiary/aromatic N) is 2. The average molecular weight is 405 g/mol. The number of hydrogen-bond acceptors (Lipinski definition) is 6. The Morgan fingerprint density at radius 2 is 1.79 bits per heavy atom. The molecule has 0 radical (unpaired) electrons. The van der Waals surface area contributed by atoms with E-state index in [2.05, 4.69) is 5.32 Å². The predicted octanol–water partition coefficient (Wildman–Crippen LogP) is 2.91. The van der Waals surface area contributed by atoms with Crippen LogP contribution < -0.4 is 5.32 Å². The van der Waals surface area contributed by atoms with Crippen LogP contribution in [0.1, 0.15) is 30.9 Å². The first-order valence-electron chi connectivity index (χ1n) is 9.15. The molecule has 2 N–H and O–H groups in total. The van der Waals surface area contributed by atoms with Gasteiger partial charge in [0.2, 0.25) is 10.0 Å². The molecule has 1 saturated heterocycles. The van der Waals surface area contributed by atoms with E-state index >= 15 is 0 Å². The number of anilines is 1. The number of benzene rings is 2. The van der Waals surface area contributed by atoms with Gasteiger partial charge in [-0.1, -0.05) is 36.8 Å². The third kappa shape index (κ3) is 4.49. The molecule has 8 nitrogen and oxygen atoms in total. The molecule has 0 bridgehead atoms. The van der Waals surface area contributed by atoms with Gasteiger partial charge in [0.05, 0.1) is 15.9 Å². The van der Waals surface area contributed by atoms with Gasteiger partial charge >= 0.3 is 0 Å². The molecular formula is C19H23N3O5S. The molecule has 1 aliphatic rings. The fourth-order valence-electron chi connectivity index (χ4n) is 3.23. The van der Waals surface area contributed by atoms with Gasteiger partial charge in [0.25, 0.3) is 5.69 Å². The van der Waals surface area contributed by atoms with Crippen molar-refractivity contribution in [2.24, 2.45) is 0 Å².